The van der Waals surface area contributed by atoms with Gasteiger partial charge in [0.15, 0.2) is 5.82 Å². The zero-order valence-electron chi connectivity index (χ0n) is 15.9. The van der Waals surface area contributed by atoms with E-state index in [0.29, 0.717) is 17.4 Å². The van der Waals surface area contributed by atoms with Gasteiger partial charge in [-0.3, -0.25) is 4.79 Å². The van der Waals surface area contributed by atoms with Crippen LogP contribution in [-0.4, -0.2) is 35.0 Å². The third kappa shape index (κ3) is 4.40. The van der Waals surface area contributed by atoms with E-state index in [9.17, 15) is 4.79 Å². The number of nitrogens with one attached hydrogen (secondary N) is 1. The van der Waals surface area contributed by atoms with Gasteiger partial charge in [-0.2, -0.15) is 0 Å². The van der Waals surface area contributed by atoms with Gasteiger partial charge in [0, 0.05) is 30.8 Å². The number of amides is 1. The van der Waals surface area contributed by atoms with Crippen molar-refractivity contribution in [3.63, 3.8) is 0 Å². The van der Waals surface area contributed by atoms with Crippen molar-refractivity contribution < 1.29 is 4.79 Å². The van der Waals surface area contributed by atoms with Gasteiger partial charge in [-0.25, -0.2) is 9.97 Å². The molecule has 2 aromatic rings. The molecule has 5 nitrogen and oxygen atoms in total. The molecule has 0 saturated carbocycles. The maximum atomic E-state index is 12.7. The van der Waals surface area contributed by atoms with Crippen LogP contribution in [0.5, 0.6) is 0 Å². The average molecular weight is 352 g/mol. The maximum absolute atomic E-state index is 12.7. The minimum atomic E-state index is -0.134. The molecule has 3 rings (SSSR count). The second-order valence-corrected chi connectivity index (χ2v) is 7.28. The molecule has 138 valence electrons. The molecular weight excluding hydrogens is 324 g/mol. The first kappa shape index (κ1) is 18.4. The summed E-state index contributed by atoms with van der Waals surface area (Å²) >= 11 is 0. The Kier molecular flexibility index (Phi) is 5.86. The van der Waals surface area contributed by atoms with E-state index in [4.69, 9.17) is 4.98 Å². The maximum Gasteiger partial charge on any atom is 0.270 e. The highest BCUT2D eigenvalue weighted by molar-refractivity contribution is 5.93. The van der Waals surface area contributed by atoms with Crippen LogP contribution in [0.1, 0.15) is 50.5 Å². The molecule has 1 aromatic carbocycles. The lowest BCUT2D eigenvalue weighted by Crippen LogP contribution is -2.36. The smallest absolute Gasteiger partial charge is 0.270 e. The number of hydrogen-bond acceptors (Lipinski definition) is 4. The summed E-state index contributed by atoms with van der Waals surface area (Å²) in [7, 11) is 0. The molecule has 0 aliphatic carbocycles. The second kappa shape index (κ2) is 8.30. The van der Waals surface area contributed by atoms with Crippen LogP contribution in [-0.2, 0) is 0 Å². The highest BCUT2D eigenvalue weighted by Crippen LogP contribution is 2.24. The van der Waals surface area contributed by atoms with Crippen molar-refractivity contribution in [2.75, 3.05) is 18.0 Å². The van der Waals surface area contributed by atoms with Crippen molar-refractivity contribution in [3.8, 4) is 11.4 Å². The zero-order valence-corrected chi connectivity index (χ0v) is 15.9. The SMILES string of the molecule is CCC(C)NC(=O)c1cc(N2CCCC(C)C2)nc(-c2ccccc2)n1. The Morgan fingerprint density at radius 3 is 2.77 bits per heavy atom. The molecule has 0 radical (unpaired) electrons. The van der Waals surface area contributed by atoms with Gasteiger partial charge in [0.2, 0.25) is 0 Å². The zero-order chi connectivity index (χ0) is 18.5. The number of aromatic nitrogens is 2. The second-order valence-electron chi connectivity index (χ2n) is 7.28. The molecule has 1 N–H and O–H groups in total. The average Bonchev–Trinajstić information content (AvgIpc) is 2.68. The van der Waals surface area contributed by atoms with Crippen molar-refractivity contribution in [2.45, 2.75) is 46.1 Å². The monoisotopic (exact) mass is 352 g/mol. The number of rotatable bonds is 5. The van der Waals surface area contributed by atoms with Crippen molar-refractivity contribution in [2.24, 2.45) is 5.92 Å². The van der Waals surface area contributed by atoms with Crippen LogP contribution in [0.2, 0.25) is 0 Å². The quantitative estimate of drug-likeness (QED) is 0.886. The summed E-state index contributed by atoms with van der Waals surface area (Å²) in [4.78, 5) is 24.3. The van der Waals surface area contributed by atoms with E-state index in [2.05, 4.69) is 29.0 Å². The summed E-state index contributed by atoms with van der Waals surface area (Å²) in [5.74, 6) is 1.96. The summed E-state index contributed by atoms with van der Waals surface area (Å²) in [5, 5.41) is 3.02. The minimum Gasteiger partial charge on any atom is -0.356 e. The van der Waals surface area contributed by atoms with E-state index in [-0.39, 0.29) is 11.9 Å². The molecule has 1 aliphatic heterocycles. The molecule has 1 saturated heterocycles. The van der Waals surface area contributed by atoms with Gasteiger partial charge in [-0.05, 0) is 32.1 Å². The van der Waals surface area contributed by atoms with Crippen LogP contribution in [0.25, 0.3) is 11.4 Å². The highest BCUT2D eigenvalue weighted by atomic mass is 16.1. The molecule has 1 fully saturated rings. The Hall–Kier alpha value is -2.43. The standard InChI is InChI=1S/C21H28N4O/c1-4-16(3)22-21(26)18-13-19(25-12-8-9-15(2)14-25)24-20(23-18)17-10-6-5-7-11-17/h5-7,10-11,13,15-16H,4,8-9,12,14H2,1-3H3,(H,22,26). The number of benzene rings is 1. The van der Waals surface area contributed by atoms with E-state index >= 15 is 0 Å². The first-order valence-electron chi connectivity index (χ1n) is 9.57. The van der Waals surface area contributed by atoms with Crippen LogP contribution in [0.15, 0.2) is 36.4 Å². The van der Waals surface area contributed by atoms with E-state index < -0.39 is 0 Å². The van der Waals surface area contributed by atoms with Crippen LogP contribution < -0.4 is 10.2 Å². The molecule has 1 aliphatic rings. The van der Waals surface area contributed by atoms with E-state index in [0.717, 1.165) is 37.3 Å². The van der Waals surface area contributed by atoms with Gasteiger partial charge in [-0.1, -0.05) is 44.2 Å². The van der Waals surface area contributed by atoms with Crippen LogP contribution >= 0.6 is 0 Å². The van der Waals surface area contributed by atoms with Crippen LogP contribution in [0.4, 0.5) is 5.82 Å². The Morgan fingerprint density at radius 1 is 1.31 bits per heavy atom. The van der Waals surface area contributed by atoms with E-state index in [1.165, 1.54) is 6.42 Å². The van der Waals surface area contributed by atoms with Gasteiger partial charge >= 0.3 is 0 Å². The first-order valence-corrected chi connectivity index (χ1v) is 9.57. The van der Waals surface area contributed by atoms with Gasteiger partial charge in [0.05, 0.1) is 0 Å². The number of hydrogen-bond donors (Lipinski definition) is 1. The van der Waals surface area contributed by atoms with E-state index in [1.807, 2.05) is 43.3 Å². The fourth-order valence-electron chi connectivity index (χ4n) is 3.23. The lowest BCUT2D eigenvalue weighted by Gasteiger charge is -2.32. The van der Waals surface area contributed by atoms with Gasteiger partial charge < -0.3 is 10.2 Å². The Balaban J connectivity index is 1.98. The Bertz CT molecular complexity index is 747. The Labute approximate surface area is 155 Å². The highest BCUT2D eigenvalue weighted by Gasteiger charge is 2.21. The molecular formula is C21H28N4O. The Morgan fingerprint density at radius 2 is 2.08 bits per heavy atom. The fourth-order valence-corrected chi connectivity index (χ4v) is 3.23. The molecule has 2 atom stereocenters. The van der Waals surface area contributed by atoms with E-state index in [1.54, 1.807) is 0 Å². The molecule has 1 amide bonds. The van der Waals surface area contributed by atoms with Crippen LogP contribution in [0.3, 0.4) is 0 Å². The third-order valence-corrected chi connectivity index (χ3v) is 4.95. The number of nitrogens with zero attached hydrogens (tertiary/aromatic N) is 3. The molecule has 2 heterocycles. The topological polar surface area (TPSA) is 58.1 Å². The summed E-state index contributed by atoms with van der Waals surface area (Å²) in [5.41, 5.74) is 1.37. The number of carbonyl (C=O) groups is 1. The predicted molar refractivity (Wildman–Crippen MR) is 105 cm³/mol. The van der Waals surface area contributed by atoms with Crippen molar-refractivity contribution in [1.29, 1.82) is 0 Å². The largest absolute Gasteiger partial charge is 0.356 e. The molecule has 2 unspecified atom stereocenters. The predicted octanol–water partition coefficient (Wildman–Crippen LogP) is 3.91. The van der Waals surface area contributed by atoms with Crippen molar-refractivity contribution in [3.05, 3.63) is 42.1 Å². The minimum absolute atomic E-state index is 0.121. The molecule has 5 heteroatoms. The summed E-state index contributed by atoms with van der Waals surface area (Å²) in [6.07, 6.45) is 3.29. The fraction of sp³-hybridized carbons (Fsp3) is 0.476. The summed E-state index contributed by atoms with van der Waals surface area (Å²) in [6, 6.07) is 11.8. The lowest BCUT2D eigenvalue weighted by molar-refractivity contribution is 0.0934. The number of anilines is 1. The number of carbonyl (C=O) groups excluding carboxylic acids is 1. The lowest BCUT2D eigenvalue weighted by atomic mass is 10.0. The summed E-state index contributed by atoms with van der Waals surface area (Å²) < 4.78 is 0. The van der Waals surface area contributed by atoms with Crippen LogP contribution in [0, 0.1) is 5.92 Å². The van der Waals surface area contributed by atoms with Gasteiger partial charge in [0.25, 0.3) is 5.91 Å². The normalized spacial score (nSPS) is 18.4. The molecule has 0 bridgehead atoms. The van der Waals surface area contributed by atoms with Gasteiger partial charge in [0.1, 0.15) is 11.5 Å². The van der Waals surface area contributed by atoms with Crippen molar-refractivity contribution >= 4 is 11.7 Å². The number of piperidine rings is 1. The third-order valence-electron chi connectivity index (χ3n) is 4.95. The molecule has 0 spiro atoms. The first-order chi connectivity index (χ1) is 12.6. The molecule has 26 heavy (non-hydrogen) atoms. The van der Waals surface area contributed by atoms with Gasteiger partial charge in [-0.15, -0.1) is 0 Å². The molecule has 1 aromatic heterocycles. The van der Waals surface area contributed by atoms with Crippen molar-refractivity contribution in [1.82, 2.24) is 15.3 Å². The summed E-state index contributed by atoms with van der Waals surface area (Å²) in [6.45, 7) is 8.27.